The largest absolute Gasteiger partial charge is 0.352 e. The van der Waals surface area contributed by atoms with E-state index in [1.165, 1.54) is 18.2 Å². The van der Waals surface area contributed by atoms with E-state index in [0.717, 1.165) is 0 Å². The first-order valence-corrected chi connectivity index (χ1v) is 10.7. The summed E-state index contributed by atoms with van der Waals surface area (Å²) in [5.41, 5.74) is 0.197. The van der Waals surface area contributed by atoms with E-state index in [2.05, 4.69) is 21.2 Å². The first kappa shape index (κ1) is 18.6. The number of halogens is 2. The van der Waals surface area contributed by atoms with E-state index in [4.69, 9.17) is 10.7 Å². The summed E-state index contributed by atoms with van der Waals surface area (Å²) in [6.07, 6.45) is 2.19. The van der Waals surface area contributed by atoms with Crippen molar-refractivity contribution in [1.82, 2.24) is 5.32 Å². The van der Waals surface area contributed by atoms with Crippen molar-refractivity contribution in [2.75, 3.05) is 12.8 Å². The summed E-state index contributed by atoms with van der Waals surface area (Å²) in [6.45, 7) is 2.19. The molecule has 0 aliphatic rings. The second-order valence-corrected chi connectivity index (χ2v) is 9.63. The van der Waals surface area contributed by atoms with Crippen molar-refractivity contribution in [2.24, 2.45) is 0 Å². The Kier molecular flexibility index (Phi) is 6.83. The van der Waals surface area contributed by atoms with Crippen molar-refractivity contribution >= 4 is 52.4 Å². The predicted octanol–water partition coefficient (Wildman–Crippen LogP) is 2.26. The Morgan fingerprint density at radius 3 is 2.62 bits per heavy atom. The molecule has 1 aromatic carbocycles. The number of carbonyl (C=O) groups is 1. The van der Waals surface area contributed by atoms with Gasteiger partial charge < -0.3 is 5.32 Å². The van der Waals surface area contributed by atoms with Crippen LogP contribution in [0.3, 0.4) is 0 Å². The maximum absolute atomic E-state index is 11.9. The first-order chi connectivity index (χ1) is 9.62. The molecule has 2 unspecified atom stereocenters. The summed E-state index contributed by atoms with van der Waals surface area (Å²) < 4.78 is 34.2. The van der Waals surface area contributed by atoms with Crippen LogP contribution in [0.2, 0.25) is 0 Å². The summed E-state index contributed by atoms with van der Waals surface area (Å²) in [5.74, 6) is -0.404. The van der Waals surface area contributed by atoms with Crippen molar-refractivity contribution in [2.45, 2.75) is 23.5 Å². The lowest BCUT2D eigenvalue weighted by Crippen LogP contribution is -2.27. The van der Waals surface area contributed by atoms with Crippen LogP contribution in [0.25, 0.3) is 0 Å². The van der Waals surface area contributed by atoms with Gasteiger partial charge in [0.2, 0.25) is 0 Å². The monoisotopic (exact) mass is 415 g/mol. The SMILES string of the molecule is CC(CCNC(=O)c1ccc(Br)c(S(=O)(=O)Cl)c1)S(C)=O. The average Bonchev–Trinajstić information content (AvgIpc) is 2.37. The van der Waals surface area contributed by atoms with Crippen molar-refractivity contribution in [1.29, 1.82) is 0 Å². The molecule has 118 valence electrons. The van der Waals surface area contributed by atoms with E-state index in [9.17, 15) is 17.4 Å². The molecule has 1 rings (SSSR count). The zero-order chi connectivity index (χ0) is 16.2. The standard InChI is InChI=1S/C12H15BrClNO4S2/c1-8(20(2)17)5-6-15-12(16)9-3-4-10(13)11(7-9)21(14,18)19/h3-4,7-8H,5-6H2,1-2H3,(H,15,16). The Balaban J connectivity index is 2.78. The van der Waals surface area contributed by atoms with Gasteiger partial charge in [-0.05, 0) is 40.5 Å². The van der Waals surface area contributed by atoms with Crippen LogP contribution in [0, 0.1) is 0 Å². The molecule has 0 radical (unpaired) electrons. The van der Waals surface area contributed by atoms with Gasteiger partial charge in [0.25, 0.3) is 15.0 Å². The molecule has 0 bridgehead atoms. The molecule has 1 aromatic rings. The van der Waals surface area contributed by atoms with Crippen molar-refractivity contribution in [3.63, 3.8) is 0 Å². The van der Waals surface area contributed by atoms with Crippen LogP contribution in [0.5, 0.6) is 0 Å². The number of carbonyl (C=O) groups excluding carboxylic acids is 1. The van der Waals surface area contributed by atoms with Crippen molar-refractivity contribution in [3.8, 4) is 0 Å². The minimum absolute atomic E-state index is 0.0194. The van der Waals surface area contributed by atoms with Gasteiger partial charge in [-0.3, -0.25) is 9.00 Å². The molecule has 0 spiro atoms. The van der Waals surface area contributed by atoms with E-state index in [0.29, 0.717) is 17.4 Å². The number of nitrogens with one attached hydrogen (secondary N) is 1. The zero-order valence-electron chi connectivity index (χ0n) is 11.4. The molecule has 0 saturated heterocycles. The van der Waals surface area contributed by atoms with Crippen LogP contribution >= 0.6 is 26.6 Å². The summed E-state index contributed by atoms with van der Waals surface area (Å²) in [5, 5.41) is 2.64. The van der Waals surface area contributed by atoms with E-state index in [1.54, 1.807) is 6.26 Å². The second-order valence-electron chi connectivity index (χ2n) is 4.44. The topological polar surface area (TPSA) is 80.3 Å². The third-order valence-corrected chi connectivity index (χ3v) is 6.54. The van der Waals surface area contributed by atoms with Gasteiger partial charge in [0.05, 0.1) is 4.90 Å². The minimum atomic E-state index is -3.93. The molecule has 21 heavy (non-hydrogen) atoms. The molecule has 9 heteroatoms. The molecule has 0 aliphatic carbocycles. The third-order valence-electron chi connectivity index (χ3n) is 2.86. The highest BCUT2D eigenvalue weighted by atomic mass is 79.9. The Morgan fingerprint density at radius 1 is 1.48 bits per heavy atom. The Hall–Kier alpha value is -0.440. The molecule has 0 heterocycles. The van der Waals surface area contributed by atoms with Gasteiger partial charge in [-0.15, -0.1) is 0 Å². The molecular formula is C12H15BrClNO4S2. The van der Waals surface area contributed by atoms with Gasteiger partial charge >= 0.3 is 0 Å². The third kappa shape index (κ3) is 5.69. The molecule has 0 aromatic heterocycles. The van der Waals surface area contributed by atoms with Crippen molar-refractivity contribution in [3.05, 3.63) is 28.2 Å². The van der Waals surface area contributed by atoms with E-state index < -0.39 is 25.8 Å². The molecule has 0 saturated carbocycles. The predicted molar refractivity (Wildman–Crippen MR) is 87.7 cm³/mol. The summed E-state index contributed by atoms with van der Waals surface area (Å²) in [4.78, 5) is 11.8. The number of hydrogen-bond donors (Lipinski definition) is 1. The van der Waals surface area contributed by atoms with Gasteiger partial charge in [0, 0.05) is 49.6 Å². The van der Waals surface area contributed by atoms with Crippen LogP contribution in [0.1, 0.15) is 23.7 Å². The minimum Gasteiger partial charge on any atom is -0.352 e. The van der Waals surface area contributed by atoms with E-state index in [-0.39, 0.29) is 15.7 Å². The number of hydrogen-bond acceptors (Lipinski definition) is 4. The van der Waals surface area contributed by atoms with Gasteiger partial charge in [-0.25, -0.2) is 8.42 Å². The fourth-order valence-corrected chi connectivity index (χ4v) is 4.06. The Labute approximate surface area is 139 Å². The van der Waals surface area contributed by atoms with Crippen molar-refractivity contribution < 1.29 is 17.4 Å². The average molecular weight is 417 g/mol. The summed E-state index contributed by atoms with van der Waals surface area (Å²) >= 11 is 3.07. The van der Waals surface area contributed by atoms with Crippen LogP contribution in [-0.2, 0) is 19.9 Å². The first-order valence-electron chi connectivity index (χ1n) is 5.97. The molecule has 5 nitrogen and oxygen atoms in total. The van der Waals surface area contributed by atoms with Crippen LogP contribution in [0.15, 0.2) is 27.6 Å². The highest BCUT2D eigenvalue weighted by molar-refractivity contribution is 9.10. The molecule has 2 atom stereocenters. The highest BCUT2D eigenvalue weighted by Gasteiger charge is 2.17. The molecule has 0 fully saturated rings. The maximum Gasteiger partial charge on any atom is 0.262 e. The molecule has 0 aliphatic heterocycles. The van der Waals surface area contributed by atoms with Crippen LogP contribution < -0.4 is 5.32 Å². The lowest BCUT2D eigenvalue weighted by Gasteiger charge is -2.10. The lowest BCUT2D eigenvalue weighted by atomic mass is 10.2. The number of benzene rings is 1. The molecule has 1 N–H and O–H groups in total. The van der Waals surface area contributed by atoms with E-state index >= 15 is 0 Å². The van der Waals surface area contributed by atoms with Gasteiger partial charge in [-0.2, -0.15) is 0 Å². The maximum atomic E-state index is 11.9. The lowest BCUT2D eigenvalue weighted by molar-refractivity contribution is 0.0953. The van der Waals surface area contributed by atoms with Crippen LogP contribution in [0.4, 0.5) is 0 Å². The summed E-state index contributed by atoms with van der Waals surface area (Å²) in [7, 11) is 0.426. The van der Waals surface area contributed by atoms with E-state index in [1.807, 2.05) is 6.92 Å². The fourth-order valence-electron chi connectivity index (χ4n) is 1.49. The normalized spacial score (nSPS) is 14.5. The van der Waals surface area contributed by atoms with Crippen LogP contribution in [-0.4, -0.2) is 36.6 Å². The van der Waals surface area contributed by atoms with Gasteiger partial charge in [0.1, 0.15) is 0 Å². The smallest absolute Gasteiger partial charge is 0.262 e. The molecular weight excluding hydrogens is 402 g/mol. The number of rotatable bonds is 6. The summed E-state index contributed by atoms with van der Waals surface area (Å²) in [6, 6.07) is 4.16. The zero-order valence-corrected chi connectivity index (χ0v) is 15.4. The molecule has 1 amide bonds. The number of amides is 1. The van der Waals surface area contributed by atoms with Gasteiger partial charge in [-0.1, -0.05) is 6.92 Å². The Morgan fingerprint density at radius 2 is 2.10 bits per heavy atom. The second kappa shape index (κ2) is 7.71. The Bertz CT molecular complexity index is 663. The quantitative estimate of drug-likeness (QED) is 0.721. The van der Waals surface area contributed by atoms with Gasteiger partial charge in [0.15, 0.2) is 0 Å². The fraction of sp³-hybridized carbons (Fsp3) is 0.417. The highest BCUT2D eigenvalue weighted by Crippen LogP contribution is 2.26.